The fourth-order valence-electron chi connectivity index (χ4n) is 1.95. The Bertz CT molecular complexity index is 618. The van der Waals surface area contributed by atoms with E-state index >= 15 is 0 Å². The zero-order valence-electron chi connectivity index (χ0n) is 10.7. The van der Waals surface area contributed by atoms with Gasteiger partial charge in [0.15, 0.2) is 11.2 Å². The topological polar surface area (TPSA) is 81.9 Å². The highest BCUT2D eigenvalue weighted by Gasteiger charge is 2.37. The molecule has 0 spiro atoms. The number of likely N-dealkylation sites (N-methyl/N-ethyl adjacent to an activating group) is 1. The summed E-state index contributed by atoms with van der Waals surface area (Å²) >= 11 is 0. The summed E-state index contributed by atoms with van der Waals surface area (Å²) in [5.74, 6) is -0.975. The molecule has 1 fully saturated rings. The van der Waals surface area contributed by atoms with Crippen molar-refractivity contribution in [3.05, 3.63) is 24.4 Å². The van der Waals surface area contributed by atoms with Gasteiger partial charge in [-0.2, -0.15) is 0 Å². The molecule has 1 saturated heterocycles. The number of nitrogens with zero attached hydrogens (tertiary/aromatic N) is 2. The van der Waals surface area contributed by atoms with Crippen molar-refractivity contribution in [3.8, 4) is 0 Å². The predicted molar refractivity (Wildman–Crippen MR) is 69.1 cm³/mol. The summed E-state index contributed by atoms with van der Waals surface area (Å²) in [5, 5.41) is 0. The van der Waals surface area contributed by atoms with Gasteiger partial charge in [-0.25, -0.2) is 0 Å². The zero-order chi connectivity index (χ0) is 14.1. The number of hydrogen-bond acceptors (Lipinski definition) is 7. The lowest BCUT2D eigenvalue weighted by atomic mass is 9.85. The fourth-order valence-corrected chi connectivity index (χ4v) is 1.95. The molecule has 0 atom stereocenters. The van der Waals surface area contributed by atoms with Crippen molar-refractivity contribution in [2.45, 2.75) is 0 Å². The number of carbonyl (C=O) groups excluding carboxylic acids is 2. The first-order valence-corrected chi connectivity index (χ1v) is 6.04. The van der Waals surface area contributed by atoms with Crippen molar-refractivity contribution in [2.24, 2.45) is 0 Å². The standard InChI is InChI=1S/C12H11BN2O5/c1-15-6-11(16)19-13(20-12(17)7-15)10-5-8-9(18-10)3-2-4-14-8/h2-5H,6-7H2,1H3. The van der Waals surface area contributed by atoms with Crippen LogP contribution in [0.15, 0.2) is 28.8 Å². The van der Waals surface area contributed by atoms with Crippen molar-refractivity contribution in [2.75, 3.05) is 20.1 Å². The minimum absolute atomic E-state index is 0.0179. The van der Waals surface area contributed by atoms with Crippen molar-refractivity contribution in [1.82, 2.24) is 9.88 Å². The summed E-state index contributed by atoms with van der Waals surface area (Å²) < 4.78 is 15.7. The van der Waals surface area contributed by atoms with E-state index in [0.717, 1.165) is 0 Å². The van der Waals surface area contributed by atoms with Crippen LogP contribution in [0.5, 0.6) is 0 Å². The first-order chi connectivity index (χ1) is 9.61. The quantitative estimate of drug-likeness (QED) is 0.651. The first kappa shape index (κ1) is 12.7. The van der Waals surface area contributed by atoms with E-state index in [1.165, 1.54) is 4.90 Å². The number of fused-ring (bicyclic) bond motifs is 1. The Morgan fingerprint density at radius 3 is 2.60 bits per heavy atom. The number of aromatic nitrogens is 1. The Labute approximate surface area is 114 Å². The maximum atomic E-state index is 11.6. The van der Waals surface area contributed by atoms with E-state index in [-0.39, 0.29) is 18.7 Å². The molecule has 0 N–H and O–H groups in total. The fraction of sp³-hybridized carbons (Fsp3) is 0.250. The molecule has 0 unspecified atom stereocenters. The molecule has 0 radical (unpaired) electrons. The number of carbonyl (C=O) groups is 2. The van der Waals surface area contributed by atoms with Gasteiger partial charge in [-0.1, -0.05) is 0 Å². The monoisotopic (exact) mass is 274 g/mol. The molecule has 0 aromatic carbocycles. The van der Waals surface area contributed by atoms with Crippen LogP contribution in [-0.4, -0.2) is 49.1 Å². The van der Waals surface area contributed by atoms with Gasteiger partial charge in [-0.05, 0) is 19.2 Å². The molecule has 1 aliphatic heterocycles. The molecular weight excluding hydrogens is 263 g/mol. The van der Waals surface area contributed by atoms with E-state index < -0.39 is 19.1 Å². The number of furan rings is 1. The average molecular weight is 274 g/mol. The smallest absolute Gasteiger partial charge is 0.492 e. The van der Waals surface area contributed by atoms with Crippen LogP contribution < -0.4 is 5.66 Å². The molecule has 7 nitrogen and oxygen atoms in total. The average Bonchev–Trinajstić information content (AvgIpc) is 2.79. The van der Waals surface area contributed by atoms with Crippen LogP contribution in [0.2, 0.25) is 0 Å². The van der Waals surface area contributed by atoms with Gasteiger partial charge in [0.1, 0.15) is 5.52 Å². The van der Waals surface area contributed by atoms with Crippen molar-refractivity contribution in [3.63, 3.8) is 0 Å². The predicted octanol–water partition coefficient (Wildman–Crippen LogP) is -0.445. The van der Waals surface area contributed by atoms with Crippen molar-refractivity contribution in [1.29, 1.82) is 0 Å². The van der Waals surface area contributed by atoms with Gasteiger partial charge in [0.25, 0.3) is 0 Å². The number of rotatable bonds is 1. The van der Waals surface area contributed by atoms with Crippen LogP contribution in [-0.2, 0) is 18.9 Å². The van der Waals surface area contributed by atoms with Crippen LogP contribution in [0.3, 0.4) is 0 Å². The van der Waals surface area contributed by atoms with E-state index in [0.29, 0.717) is 11.1 Å². The number of hydrogen-bond donors (Lipinski definition) is 0. The summed E-state index contributed by atoms with van der Waals surface area (Å²) in [5.41, 5.74) is 1.38. The molecule has 8 heteroatoms. The van der Waals surface area contributed by atoms with Crippen molar-refractivity contribution >= 4 is 35.8 Å². The molecule has 0 amide bonds. The van der Waals surface area contributed by atoms with Gasteiger partial charge < -0.3 is 13.7 Å². The molecule has 102 valence electrons. The molecule has 3 heterocycles. The van der Waals surface area contributed by atoms with E-state index in [4.69, 9.17) is 13.7 Å². The first-order valence-electron chi connectivity index (χ1n) is 6.04. The van der Waals surface area contributed by atoms with Gasteiger partial charge in [0, 0.05) is 12.3 Å². The Balaban J connectivity index is 1.90. The summed E-state index contributed by atoms with van der Waals surface area (Å²) in [6, 6.07) is 5.04. The van der Waals surface area contributed by atoms with Crippen LogP contribution in [0.1, 0.15) is 0 Å². The van der Waals surface area contributed by atoms with Gasteiger partial charge in [-0.15, -0.1) is 0 Å². The second kappa shape index (κ2) is 4.97. The summed E-state index contributed by atoms with van der Waals surface area (Å²) in [6.45, 7) is 0.0359. The molecule has 1 aliphatic rings. The summed E-state index contributed by atoms with van der Waals surface area (Å²) in [7, 11) is 0.464. The van der Waals surface area contributed by atoms with E-state index in [1.54, 1.807) is 31.4 Å². The van der Waals surface area contributed by atoms with Gasteiger partial charge in [0.05, 0.1) is 13.1 Å². The van der Waals surface area contributed by atoms with Crippen LogP contribution in [0.4, 0.5) is 0 Å². The lowest BCUT2D eigenvalue weighted by molar-refractivity contribution is -0.145. The molecule has 20 heavy (non-hydrogen) atoms. The van der Waals surface area contributed by atoms with Gasteiger partial charge >= 0.3 is 19.1 Å². The highest BCUT2D eigenvalue weighted by Crippen LogP contribution is 2.11. The van der Waals surface area contributed by atoms with Gasteiger partial charge in [0.2, 0.25) is 0 Å². The third-order valence-electron chi connectivity index (χ3n) is 2.81. The van der Waals surface area contributed by atoms with Crippen LogP contribution in [0, 0.1) is 0 Å². The lowest BCUT2D eigenvalue weighted by Gasteiger charge is -2.21. The minimum Gasteiger partial charge on any atom is -0.492 e. The maximum absolute atomic E-state index is 11.6. The summed E-state index contributed by atoms with van der Waals surface area (Å²) in [4.78, 5) is 28.9. The normalized spacial score (nSPS) is 17.6. The molecule has 0 saturated carbocycles. The summed E-state index contributed by atoms with van der Waals surface area (Å²) in [6.07, 6.45) is 1.62. The van der Waals surface area contributed by atoms with Crippen molar-refractivity contribution < 1.29 is 23.3 Å². The zero-order valence-corrected chi connectivity index (χ0v) is 10.7. The van der Waals surface area contributed by atoms with Gasteiger partial charge in [-0.3, -0.25) is 19.5 Å². The third-order valence-corrected chi connectivity index (χ3v) is 2.81. The van der Waals surface area contributed by atoms with Crippen LogP contribution >= 0.6 is 0 Å². The Morgan fingerprint density at radius 1 is 1.25 bits per heavy atom. The van der Waals surface area contributed by atoms with E-state index in [1.807, 2.05) is 0 Å². The SMILES string of the molecule is CN1CC(=O)OB(c2cc3ncccc3o2)OC(=O)C1. The van der Waals surface area contributed by atoms with Crippen LogP contribution in [0.25, 0.3) is 11.1 Å². The molecule has 0 aliphatic carbocycles. The largest absolute Gasteiger partial charge is 0.674 e. The third kappa shape index (κ3) is 2.50. The second-order valence-corrected chi connectivity index (χ2v) is 4.52. The highest BCUT2D eigenvalue weighted by atomic mass is 16.6. The van der Waals surface area contributed by atoms with E-state index in [2.05, 4.69) is 4.98 Å². The highest BCUT2D eigenvalue weighted by molar-refractivity contribution is 6.63. The number of pyridine rings is 1. The van der Waals surface area contributed by atoms with E-state index in [9.17, 15) is 9.59 Å². The maximum Gasteiger partial charge on any atom is 0.674 e. The molecular formula is C12H11BN2O5. The molecule has 3 rings (SSSR count). The molecule has 2 aromatic heterocycles. The minimum atomic E-state index is -1.17. The Hall–Kier alpha value is -2.35. The Morgan fingerprint density at radius 2 is 1.95 bits per heavy atom. The lowest BCUT2D eigenvalue weighted by Crippen LogP contribution is -2.47. The molecule has 2 aromatic rings. The second-order valence-electron chi connectivity index (χ2n) is 4.52. The Kier molecular flexibility index (Phi) is 3.15. The molecule has 0 bridgehead atoms.